The predicted octanol–water partition coefficient (Wildman–Crippen LogP) is 3.04. The molecule has 118 valence electrons. The third-order valence-corrected chi connectivity index (χ3v) is 4.17. The first-order chi connectivity index (χ1) is 11.3. The van der Waals surface area contributed by atoms with Crippen LogP contribution >= 0.6 is 15.9 Å². The lowest BCUT2D eigenvalue weighted by molar-refractivity contribution is -0.364. The van der Waals surface area contributed by atoms with E-state index < -0.39 is 0 Å². The number of nitrogens with one attached hydrogen (secondary N) is 1. The normalized spacial score (nSPS) is 16.1. The molecule has 2 heterocycles. The van der Waals surface area contributed by atoms with Gasteiger partial charge in [-0.05, 0) is 33.6 Å². The van der Waals surface area contributed by atoms with Crippen molar-refractivity contribution >= 4 is 34.0 Å². The lowest BCUT2D eigenvalue weighted by Crippen LogP contribution is -2.45. The van der Waals surface area contributed by atoms with Crippen LogP contribution in [0.25, 0.3) is 6.08 Å². The fraction of sp³-hybridized carbons (Fsp3) is 0.222. The first-order valence-electron chi connectivity index (χ1n) is 7.74. The number of aromatic amines is 1. The molecule has 23 heavy (non-hydrogen) atoms. The largest absolute Gasteiger partial charge is 0.289 e. The van der Waals surface area contributed by atoms with Gasteiger partial charge in [-0.15, -0.1) is 0 Å². The third kappa shape index (κ3) is 4.66. The zero-order valence-electron chi connectivity index (χ0n) is 12.9. The molecule has 0 spiro atoms. The molecule has 1 aromatic carbocycles. The standard InChI is InChI=1S/C18H19BrN4/c19-17(14-16-6-2-1-3-7-16)15-21-23-12-10-22(11-13-23)18-8-4-5-9-20-18/h1-9,14-15H,10-13H2/p+1/b17-14-,21-15-. The van der Waals surface area contributed by atoms with Crippen LogP contribution in [0.2, 0.25) is 0 Å². The summed E-state index contributed by atoms with van der Waals surface area (Å²) < 4.78 is 0.975. The van der Waals surface area contributed by atoms with Gasteiger partial charge in [0.15, 0.2) is 0 Å². The molecule has 1 fully saturated rings. The molecule has 1 aliphatic rings. The van der Waals surface area contributed by atoms with Crippen molar-refractivity contribution in [3.05, 3.63) is 64.8 Å². The molecule has 0 aliphatic carbocycles. The molecule has 5 heteroatoms. The van der Waals surface area contributed by atoms with E-state index in [1.807, 2.05) is 36.7 Å². The number of allylic oxidation sites excluding steroid dienone is 1. The molecule has 1 aliphatic heterocycles. The smallest absolute Gasteiger partial charge is 0.274 e. The van der Waals surface area contributed by atoms with Crippen LogP contribution in [0, 0.1) is 0 Å². The SMILES string of the molecule is BrC(/C=N\N1CCN(c2cccc[nH+]2)CC1)=C\c1ccccc1. The van der Waals surface area contributed by atoms with Crippen LogP contribution in [0.15, 0.2) is 64.3 Å². The molecule has 1 aromatic heterocycles. The first kappa shape index (κ1) is 15.7. The quantitative estimate of drug-likeness (QED) is 0.773. The van der Waals surface area contributed by atoms with Gasteiger partial charge in [-0.25, -0.2) is 4.98 Å². The minimum atomic E-state index is 0.921. The van der Waals surface area contributed by atoms with E-state index in [1.165, 1.54) is 5.82 Å². The van der Waals surface area contributed by atoms with Gasteiger partial charge in [-0.3, -0.25) is 9.91 Å². The maximum atomic E-state index is 4.56. The van der Waals surface area contributed by atoms with Crippen LogP contribution in [0.5, 0.6) is 0 Å². The molecule has 0 unspecified atom stereocenters. The monoisotopic (exact) mass is 371 g/mol. The number of H-pyrrole nitrogens is 1. The molecule has 3 rings (SSSR count). The number of pyridine rings is 1. The minimum absolute atomic E-state index is 0.921. The molecule has 0 bridgehead atoms. The Kier molecular flexibility index (Phi) is 5.42. The highest BCUT2D eigenvalue weighted by Gasteiger charge is 2.21. The maximum absolute atomic E-state index is 4.56. The molecule has 0 radical (unpaired) electrons. The van der Waals surface area contributed by atoms with Crippen molar-refractivity contribution in [3.63, 3.8) is 0 Å². The number of aromatic nitrogens is 1. The van der Waals surface area contributed by atoms with Gasteiger partial charge < -0.3 is 0 Å². The van der Waals surface area contributed by atoms with E-state index in [0.717, 1.165) is 36.2 Å². The minimum Gasteiger partial charge on any atom is -0.289 e. The number of hydrogen-bond donors (Lipinski definition) is 0. The van der Waals surface area contributed by atoms with Gasteiger partial charge >= 0.3 is 0 Å². The Morgan fingerprint density at radius 1 is 1.00 bits per heavy atom. The molecule has 4 nitrogen and oxygen atoms in total. The summed E-state index contributed by atoms with van der Waals surface area (Å²) in [4.78, 5) is 5.63. The Labute approximate surface area is 145 Å². The number of halogens is 1. The Balaban J connectivity index is 1.53. The van der Waals surface area contributed by atoms with Gasteiger partial charge in [-0.1, -0.05) is 36.4 Å². The van der Waals surface area contributed by atoms with Crippen molar-refractivity contribution < 1.29 is 4.98 Å². The van der Waals surface area contributed by atoms with Crippen LogP contribution < -0.4 is 9.88 Å². The van der Waals surface area contributed by atoms with Gasteiger partial charge in [0, 0.05) is 10.5 Å². The fourth-order valence-corrected chi connectivity index (χ4v) is 2.87. The molecular weight excluding hydrogens is 352 g/mol. The summed E-state index contributed by atoms with van der Waals surface area (Å²) in [5.74, 6) is 1.17. The molecule has 0 atom stereocenters. The van der Waals surface area contributed by atoms with E-state index in [9.17, 15) is 0 Å². The van der Waals surface area contributed by atoms with Crippen molar-refractivity contribution in [2.24, 2.45) is 5.10 Å². The molecule has 2 aromatic rings. The second-order valence-corrected chi connectivity index (χ2v) is 6.29. The van der Waals surface area contributed by atoms with Gasteiger partial charge in [0.25, 0.3) is 5.82 Å². The first-order valence-corrected chi connectivity index (χ1v) is 8.53. The Bertz CT molecular complexity index is 662. The summed E-state index contributed by atoms with van der Waals surface area (Å²) in [5, 5.41) is 6.67. The summed E-state index contributed by atoms with van der Waals surface area (Å²) in [6.45, 7) is 3.78. The number of benzene rings is 1. The second kappa shape index (κ2) is 7.92. The highest BCUT2D eigenvalue weighted by atomic mass is 79.9. The summed E-state index contributed by atoms with van der Waals surface area (Å²) >= 11 is 3.56. The Hall–Kier alpha value is -2.14. The zero-order chi connectivity index (χ0) is 15.9. The van der Waals surface area contributed by atoms with Crippen molar-refractivity contribution in [2.75, 3.05) is 31.1 Å². The van der Waals surface area contributed by atoms with Crippen LogP contribution in [0.4, 0.5) is 5.82 Å². The summed E-state index contributed by atoms with van der Waals surface area (Å²) in [6, 6.07) is 16.4. The average molecular weight is 372 g/mol. The number of anilines is 1. The van der Waals surface area contributed by atoms with E-state index in [0.29, 0.717) is 0 Å². The van der Waals surface area contributed by atoms with Crippen molar-refractivity contribution in [2.45, 2.75) is 0 Å². The number of hydrazone groups is 1. The summed E-state index contributed by atoms with van der Waals surface area (Å²) in [7, 11) is 0. The Morgan fingerprint density at radius 2 is 1.74 bits per heavy atom. The maximum Gasteiger partial charge on any atom is 0.274 e. The van der Waals surface area contributed by atoms with Crippen molar-refractivity contribution in [1.29, 1.82) is 0 Å². The van der Waals surface area contributed by atoms with E-state index in [4.69, 9.17) is 0 Å². The van der Waals surface area contributed by atoms with E-state index in [2.05, 4.69) is 66.3 Å². The lowest BCUT2D eigenvalue weighted by atomic mass is 10.2. The van der Waals surface area contributed by atoms with E-state index >= 15 is 0 Å². The molecule has 0 amide bonds. The number of rotatable bonds is 4. The predicted molar refractivity (Wildman–Crippen MR) is 98.6 cm³/mol. The van der Waals surface area contributed by atoms with E-state index in [-0.39, 0.29) is 0 Å². The highest BCUT2D eigenvalue weighted by Crippen LogP contribution is 2.12. The lowest BCUT2D eigenvalue weighted by Gasteiger charge is -2.28. The zero-order valence-corrected chi connectivity index (χ0v) is 14.5. The van der Waals surface area contributed by atoms with Crippen LogP contribution in [-0.4, -0.2) is 37.4 Å². The van der Waals surface area contributed by atoms with E-state index in [1.54, 1.807) is 0 Å². The summed E-state index contributed by atoms with van der Waals surface area (Å²) in [6.07, 6.45) is 5.90. The highest BCUT2D eigenvalue weighted by molar-refractivity contribution is 9.12. The van der Waals surface area contributed by atoms with Gasteiger partial charge in [0.1, 0.15) is 13.1 Å². The van der Waals surface area contributed by atoms with Crippen LogP contribution in [-0.2, 0) is 0 Å². The molecule has 0 saturated carbocycles. The van der Waals surface area contributed by atoms with Gasteiger partial charge in [0.2, 0.25) is 0 Å². The van der Waals surface area contributed by atoms with Crippen molar-refractivity contribution in [3.8, 4) is 0 Å². The second-order valence-electron chi connectivity index (χ2n) is 5.37. The summed E-state index contributed by atoms with van der Waals surface area (Å²) in [5.41, 5.74) is 1.16. The number of piperazine rings is 1. The van der Waals surface area contributed by atoms with Gasteiger partial charge in [0.05, 0.1) is 25.5 Å². The average Bonchev–Trinajstić information content (AvgIpc) is 2.62. The molecule has 1 N–H and O–H groups in total. The van der Waals surface area contributed by atoms with Crippen LogP contribution in [0.3, 0.4) is 0 Å². The van der Waals surface area contributed by atoms with Crippen molar-refractivity contribution in [1.82, 2.24) is 5.01 Å². The number of hydrogen-bond acceptors (Lipinski definition) is 3. The third-order valence-electron chi connectivity index (χ3n) is 3.74. The van der Waals surface area contributed by atoms with Crippen LogP contribution in [0.1, 0.15) is 5.56 Å². The van der Waals surface area contributed by atoms with Gasteiger partial charge in [-0.2, -0.15) is 5.10 Å². The Morgan fingerprint density at radius 3 is 2.43 bits per heavy atom. The number of nitrogens with zero attached hydrogens (tertiary/aromatic N) is 3. The molecular formula is C18H20BrN4+. The molecule has 1 saturated heterocycles. The fourth-order valence-electron chi connectivity index (χ4n) is 2.52. The topological polar surface area (TPSA) is 33.0 Å².